The summed E-state index contributed by atoms with van der Waals surface area (Å²) in [6.45, 7) is 2.97. The molecule has 5 nitrogen and oxygen atoms in total. The number of thioether (sulfide) groups is 1. The molecule has 0 aliphatic carbocycles. The Bertz CT molecular complexity index is 960. The molecule has 176 valence electrons. The monoisotopic (exact) mass is 505 g/mol. The largest absolute Gasteiger partial charge is 0.494 e. The summed E-state index contributed by atoms with van der Waals surface area (Å²) >= 11 is 13.8. The number of carbonyl (C=O) groups excluding carboxylic acids is 1. The smallest absolute Gasteiger partial charge is 0.239 e. The van der Waals surface area contributed by atoms with Gasteiger partial charge >= 0.3 is 0 Å². The molecule has 1 amide bonds. The van der Waals surface area contributed by atoms with E-state index in [4.69, 9.17) is 27.9 Å². The highest BCUT2D eigenvalue weighted by Gasteiger charge is 2.31. The van der Waals surface area contributed by atoms with Crippen LogP contribution in [0, 0.1) is 0 Å². The van der Waals surface area contributed by atoms with Gasteiger partial charge in [0.25, 0.3) is 0 Å². The summed E-state index contributed by atoms with van der Waals surface area (Å²) < 4.78 is 5.80. The van der Waals surface area contributed by atoms with Crippen LogP contribution in [0.25, 0.3) is 0 Å². The normalized spacial score (nSPS) is 17.1. The first-order chi connectivity index (χ1) is 16.1. The number of amides is 1. The summed E-state index contributed by atoms with van der Waals surface area (Å²) in [4.78, 5) is 12.3. The van der Waals surface area contributed by atoms with Crippen LogP contribution in [0.1, 0.15) is 56.6 Å². The van der Waals surface area contributed by atoms with Gasteiger partial charge in [-0.1, -0.05) is 80.1 Å². The van der Waals surface area contributed by atoms with Gasteiger partial charge in [0.1, 0.15) is 5.75 Å². The van der Waals surface area contributed by atoms with E-state index in [1.165, 1.54) is 43.9 Å². The number of unbranched alkanes of at least 4 members (excludes halogenated alkanes) is 5. The van der Waals surface area contributed by atoms with Gasteiger partial charge in [0.15, 0.2) is 5.17 Å². The molecule has 1 aliphatic heterocycles. The van der Waals surface area contributed by atoms with Crippen molar-refractivity contribution in [2.75, 3.05) is 6.61 Å². The van der Waals surface area contributed by atoms with Gasteiger partial charge in [-0.2, -0.15) is 5.10 Å². The predicted molar refractivity (Wildman–Crippen MR) is 140 cm³/mol. The highest BCUT2D eigenvalue weighted by molar-refractivity contribution is 8.15. The molecule has 1 unspecified atom stereocenters. The molecule has 0 saturated carbocycles. The van der Waals surface area contributed by atoms with Gasteiger partial charge in [0.05, 0.1) is 18.1 Å². The highest BCUT2D eigenvalue weighted by atomic mass is 35.5. The second-order valence-electron chi connectivity index (χ2n) is 7.84. The Morgan fingerprint density at radius 2 is 1.73 bits per heavy atom. The number of amidine groups is 1. The summed E-state index contributed by atoms with van der Waals surface area (Å²) in [7, 11) is 0. The Morgan fingerprint density at radius 3 is 2.45 bits per heavy atom. The van der Waals surface area contributed by atoms with Crippen molar-refractivity contribution in [2.24, 2.45) is 10.2 Å². The molecule has 2 aromatic carbocycles. The Balaban J connectivity index is 1.44. The summed E-state index contributed by atoms with van der Waals surface area (Å²) in [5.74, 6) is 0.725. The summed E-state index contributed by atoms with van der Waals surface area (Å²) in [6, 6.07) is 13.1. The van der Waals surface area contributed by atoms with Crippen LogP contribution in [-0.2, 0) is 11.2 Å². The van der Waals surface area contributed by atoms with Crippen LogP contribution in [0.15, 0.2) is 52.7 Å². The first-order valence-electron chi connectivity index (χ1n) is 11.3. The zero-order valence-corrected chi connectivity index (χ0v) is 21.1. The number of rotatable bonds is 12. The van der Waals surface area contributed by atoms with Crippen molar-refractivity contribution in [3.8, 4) is 5.75 Å². The van der Waals surface area contributed by atoms with Crippen molar-refractivity contribution in [3.05, 3.63) is 63.6 Å². The number of benzene rings is 2. The third-order valence-electron chi connectivity index (χ3n) is 5.23. The maximum absolute atomic E-state index is 12.3. The molecule has 0 radical (unpaired) electrons. The summed E-state index contributed by atoms with van der Waals surface area (Å²) in [6.07, 6.45) is 9.55. The van der Waals surface area contributed by atoms with Crippen molar-refractivity contribution in [2.45, 2.75) is 57.1 Å². The number of nitrogens with zero attached hydrogens (tertiary/aromatic N) is 2. The minimum Gasteiger partial charge on any atom is -0.494 e. The molecule has 1 N–H and O–H groups in total. The zero-order chi connectivity index (χ0) is 23.5. The SMILES string of the molecule is CCCCCCCCOc1ccc(C=N/N=C2\NC(=O)C(Cc3c(Cl)cccc3Cl)S2)cc1. The van der Waals surface area contributed by atoms with Gasteiger partial charge in [-0.25, -0.2) is 0 Å². The molecule has 1 saturated heterocycles. The van der Waals surface area contributed by atoms with Crippen LogP contribution in [0.5, 0.6) is 5.75 Å². The lowest BCUT2D eigenvalue weighted by atomic mass is 10.1. The molecule has 0 bridgehead atoms. The molecular weight excluding hydrogens is 477 g/mol. The minimum absolute atomic E-state index is 0.128. The topological polar surface area (TPSA) is 63.1 Å². The maximum atomic E-state index is 12.3. The van der Waals surface area contributed by atoms with Crippen molar-refractivity contribution in [1.29, 1.82) is 0 Å². The van der Waals surface area contributed by atoms with E-state index in [1.54, 1.807) is 24.4 Å². The number of carbonyl (C=O) groups is 1. The van der Waals surface area contributed by atoms with E-state index in [1.807, 2.05) is 24.3 Å². The van der Waals surface area contributed by atoms with E-state index in [-0.39, 0.29) is 11.2 Å². The first kappa shape index (κ1) is 25.6. The second-order valence-corrected chi connectivity index (χ2v) is 9.84. The van der Waals surface area contributed by atoms with E-state index < -0.39 is 0 Å². The number of hydrogen-bond donors (Lipinski definition) is 1. The van der Waals surface area contributed by atoms with Gasteiger partial charge in [0, 0.05) is 10.0 Å². The second kappa shape index (κ2) is 13.6. The third-order valence-corrected chi connectivity index (χ3v) is 7.01. The molecule has 3 rings (SSSR count). The van der Waals surface area contributed by atoms with E-state index in [0.717, 1.165) is 29.9 Å². The predicted octanol–water partition coefficient (Wildman–Crippen LogP) is 6.90. The van der Waals surface area contributed by atoms with Crippen LogP contribution < -0.4 is 10.1 Å². The lowest BCUT2D eigenvalue weighted by Gasteiger charge is -2.09. The molecule has 1 aliphatic rings. The highest BCUT2D eigenvalue weighted by Crippen LogP contribution is 2.30. The molecule has 1 atom stereocenters. The summed E-state index contributed by atoms with van der Waals surface area (Å²) in [5.41, 5.74) is 1.66. The zero-order valence-electron chi connectivity index (χ0n) is 18.7. The van der Waals surface area contributed by atoms with Crippen LogP contribution >= 0.6 is 35.0 Å². The fourth-order valence-electron chi connectivity index (χ4n) is 3.37. The quantitative estimate of drug-likeness (QED) is 0.194. The van der Waals surface area contributed by atoms with Crippen molar-refractivity contribution < 1.29 is 9.53 Å². The van der Waals surface area contributed by atoms with Crippen LogP contribution in [0.2, 0.25) is 10.0 Å². The standard InChI is InChI=1S/C25H29Cl2N3O2S/c1-2-3-4-5-6-7-15-32-19-13-11-18(12-14-19)17-28-30-25-29-24(31)23(33-25)16-20-21(26)9-8-10-22(20)27/h8-14,17,23H,2-7,15-16H2,1H3,(H,29,30,31). The fourth-order valence-corrected chi connectivity index (χ4v) is 4.86. The Morgan fingerprint density at radius 1 is 1.03 bits per heavy atom. The molecular formula is C25H29Cl2N3O2S. The molecule has 2 aromatic rings. The van der Waals surface area contributed by atoms with Gasteiger partial charge in [-0.05, 0) is 60.4 Å². The van der Waals surface area contributed by atoms with Crippen molar-refractivity contribution in [3.63, 3.8) is 0 Å². The number of hydrogen-bond acceptors (Lipinski definition) is 5. The average molecular weight is 506 g/mol. The maximum Gasteiger partial charge on any atom is 0.239 e. The van der Waals surface area contributed by atoms with E-state index >= 15 is 0 Å². The lowest BCUT2D eigenvalue weighted by Crippen LogP contribution is -2.26. The van der Waals surface area contributed by atoms with Crippen molar-refractivity contribution in [1.82, 2.24) is 5.32 Å². The third kappa shape index (κ3) is 8.36. The van der Waals surface area contributed by atoms with Gasteiger partial charge in [-0.3, -0.25) is 4.79 Å². The number of nitrogens with one attached hydrogen (secondary N) is 1. The molecule has 1 fully saturated rings. The van der Waals surface area contributed by atoms with Crippen LogP contribution in [0.4, 0.5) is 0 Å². The minimum atomic E-state index is -0.348. The van der Waals surface area contributed by atoms with E-state index in [0.29, 0.717) is 21.6 Å². The lowest BCUT2D eigenvalue weighted by molar-refractivity contribution is -0.118. The molecule has 0 aromatic heterocycles. The van der Waals surface area contributed by atoms with Crippen molar-refractivity contribution >= 4 is 52.3 Å². The fraction of sp³-hybridized carbons (Fsp3) is 0.400. The molecule has 1 heterocycles. The Hall–Kier alpha value is -2.02. The van der Waals surface area contributed by atoms with E-state index in [2.05, 4.69) is 22.4 Å². The first-order valence-corrected chi connectivity index (χ1v) is 12.9. The molecule has 33 heavy (non-hydrogen) atoms. The number of ether oxygens (including phenoxy) is 1. The number of halogens is 2. The van der Waals surface area contributed by atoms with Gasteiger partial charge in [0.2, 0.25) is 5.91 Å². The molecule has 8 heteroatoms. The average Bonchev–Trinajstić information content (AvgIpc) is 3.15. The Labute approximate surface area is 210 Å². The van der Waals surface area contributed by atoms with Crippen LogP contribution in [-0.4, -0.2) is 29.1 Å². The molecule has 0 spiro atoms. The summed E-state index contributed by atoms with van der Waals surface area (Å²) in [5, 5.41) is 12.2. The van der Waals surface area contributed by atoms with Crippen LogP contribution in [0.3, 0.4) is 0 Å². The van der Waals surface area contributed by atoms with Gasteiger partial charge < -0.3 is 10.1 Å². The van der Waals surface area contributed by atoms with E-state index in [9.17, 15) is 4.79 Å². The Kier molecular flexibility index (Phi) is 10.6. The van der Waals surface area contributed by atoms with Gasteiger partial charge in [-0.15, -0.1) is 5.10 Å².